The Morgan fingerprint density at radius 1 is 1.04 bits per heavy atom. The maximum Gasteiger partial charge on any atom is 0.301 e. The first kappa shape index (κ1) is 18.6. The van der Waals surface area contributed by atoms with Crippen LogP contribution in [0, 0.1) is 0 Å². The summed E-state index contributed by atoms with van der Waals surface area (Å²) in [6.45, 7) is 0. The van der Waals surface area contributed by atoms with Crippen molar-refractivity contribution in [1.29, 1.82) is 0 Å². The molecule has 0 fully saturated rings. The summed E-state index contributed by atoms with van der Waals surface area (Å²) >= 11 is 0. The molecule has 0 spiro atoms. The first-order valence-electron chi connectivity index (χ1n) is 8.00. The first-order chi connectivity index (χ1) is 12.8. The van der Waals surface area contributed by atoms with E-state index < -0.39 is 16.1 Å². The van der Waals surface area contributed by atoms with E-state index in [0.29, 0.717) is 16.6 Å². The van der Waals surface area contributed by atoms with E-state index in [1.807, 2.05) is 0 Å². The fourth-order valence-electron chi connectivity index (χ4n) is 2.44. The second-order valence-electron chi connectivity index (χ2n) is 6.00. The van der Waals surface area contributed by atoms with E-state index >= 15 is 0 Å². The minimum absolute atomic E-state index is 0.0343. The number of aromatic nitrogens is 1. The van der Waals surface area contributed by atoms with Crippen LogP contribution in [-0.2, 0) is 10.2 Å². The van der Waals surface area contributed by atoms with E-state index in [-0.39, 0.29) is 16.7 Å². The molecule has 1 heterocycles. The Labute approximate surface area is 156 Å². The van der Waals surface area contributed by atoms with E-state index in [9.17, 15) is 18.0 Å². The van der Waals surface area contributed by atoms with Gasteiger partial charge in [0.05, 0.1) is 5.69 Å². The Bertz CT molecular complexity index is 1170. The average Bonchev–Trinajstić information content (AvgIpc) is 2.62. The van der Waals surface area contributed by atoms with Crippen LogP contribution < -0.4 is 15.5 Å². The minimum atomic E-state index is -3.66. The van der Waals surface area contributed by atoms with Crippen LogP contribution in [0.5, 0.6) is 0 Å². The van der Waals surface area contributed by atoms with E-state index in [2.05, 4.69) is 15.0 Å². The maximum atomic E-state index is 12.5. The Morgan fingerprint density at radius 3 is 2.48 bits per heavy atom. The molecule has 0 bridgehead atoms. The molecule has 0 atom stereocenters. The first-order valence-corrected chi connectivity index (χ1v) is 9.44. The molecule has 1 aromatic heterocycles. The SMILES string of the molecule is CN(C)S(=O)(=O)Nc1cccc(NC(=O)c2c[nH]c3ccccc3c2=O)c1. The van der Waals surface area contributed by atoms with Crippen LogP contribution in [0.3, 0.4) is 0 Å². The van der Waals surface area contributed by atoms with E-state index in [4.69, 9.17) is 0 Å². The molecule has 3 rings (SSSR count). The van der Waals surface area contributed by atoms with Gasteiger partial charge in [0, 0.05) is 36.9 Å². The van der Waals surface area contributed by atoms with Gasteiger partial charge in [-0.15, -0.1) is 0 Å². The lowest BCUT2D eigenvalue weighted by atomic mass is 10.1. The van der Waals surface area contributed by atoms with Gasteiger partial charge in [0.25, 0.3) is 5.91 Å². The quantitative estimate of drug-likeness (QED) is 0.623. The summed E-state index contributed by atoms with van der Waals surface area (Å²) in [5, 5.41) is 3.03. The maximum absolute atomic E-state index is 12.5. The molecule has 3 N–H and O–H groups in total. The third-order valence-electron chi connectivity index (χ3n) is 3.88. The smallest absolute Gasteiger partial charge is 0.301 e. The highest BCUT2D eigenvalue weighted by molar-refractivity contribution is 7.90. The van der Waals surface area contributed by atoms with Crippen LogP contribution in [0.1, 0.15) is 10.4 Å². The molecule has 27 heavy (non-hydrogen) atoms. The number of pyridine rings is 1. The second-order valence-corrected chi connectivity index (χ2v) is 7.89. The lowest BCUT2D eigenvalue weighted by Crippen LogP contribution is -2.29. The van der Waals surface area contributed by atoms with Crippen LogP contribution in [0.25, 0.3) is 10.9 Å². The lowest BCUT2D eigenvalue weighted by Gasteiger charge is -2.14. The predicted octanol–water partition coefficient (Wildman–Crippen LogP) is 2.00. The molecule has 0 saturated carbocycles. The van der Waals surface area contributed by atoms with Gasteiger partial charge >= 0.3 is 10.2 Å². The van der Waals surface area contributed by atoms with Gasteiger partial charge in [-0.2, -0.15) is 12.7 Å². The van der Waals surface area contributed by atoms with E-state index in [0.717, 1.165) is 4.31 Å². The van der Waals surface area contributed by atoms with Gasteiger partial charge in [0.2, 0.25) is 5.43 Å². The number of anilines is 2. The highest BCUT2D eigenvalue weighted by Crippen LogP contribution is 2.17. The molecular weight excluding hydrogens is 368 g/mol. The van der Waals surface area contributed by atoms with E-state index in [1.54, 1.807) is 42.5 Å². The number of rotatable bonds is 5. The van der Waals surface area contributed by atoms with Crippen LogP contribution in [0.15, 0.2) is 59.5 Å². The van der Waals surface area contributed by atoms with Crippen molar-refractivity contribution in [3.8, 4) is 0 Å². The molecular formula is C18H18N4O4S. The fourth-order valence-corrected chi connectivity index (χ4v) is 3.04. The average molecular weight is 386 g/mol. The van der Waals surface area contributed by atoms with Crippen molar-refractivity contribution in [3.63, 3.8) is 0 Å². The number of benzene rings is 2. The van der Waals surface area contributed by atoms with Crippen LogP contribution in [-0.4, -0.2) is 37.7 Å². The number of fused-ring (bicyclic) bond motifs is 1. The number of nitrogens with one attached hydrogen (secondary N) is 3. The molecule has 0 aliphatic rings. The van der Waals surface area contributed by atoms with Crippen molar-refractivity contribution in [3.05, 3.63) is 70.5 Å². The number of nitrogens with zero attached hydrogens (tertiary/aromatic N) is 1. The van der Waals surface area contributed by atoms with Gasteiger partial charge in [-0.25, -0.2) is 0 Å². The monoisotopic (exact) mass is 386 g/mol. The number of para-hydroxylation sites is 1. The number of carbonyl (C=O) groups is 1. The molecule has 8 nitrogen and oxygen atoms in total. The summed E-state index contributed by atoms with van der Waals surface area (Å²) in [5.41, 5.74) is 0.860. The van der Waals surface area contributed by atoms with Crippen molar-refractivity contribution in [2.45, 2.75) is 0 Å². The van der Waals surface area contributed by atoms with Crippen molar-refractivity contribution < 1.29 is 13.2 Å². The van der Waals surface area contributed by atoms with Gasteiger partial charge in [-0.1, -0.05) is 18.2 Å². The normalized spacial score (nSPS) is 11.5. The van der Waals surface area contributed by atoms with Crippen LogP contribution >= 0.6 is 0 Å². The van der Waals surface area contributed by atoms with E-state index in [1.165, 1.54) is 26.4 Å². The number of amides is 1. The van der Waals surface area contributed by atoms with Gasteiger partial charge < -0.3 is 10.3 Å². The Kier molecular flexibility index (Phi) is 4.98. The van der Waals surface area contributed by atoms with Crippen LogP contribution in [0.4, 0.5) is 11.4 Å². The van der Waals surface area contributed by atoms with Crippen LogP contribution in [0.2, 0.25) is 0 Å². The third kappa shape index (κ3) is 3.99. The zero-order valence-electron chi connectivity index (χ0n) is 14.7. The number of hydrogen-bond donors (Lipinski definition) is 3. The zero-order valence-corrected chi connectivity index (χ0v) is 15.5. The lowest BCUT2D eigenvalue weighted by molar-refractivity contribution is 0.102. The molecule has 2 aromatic carbocycles. The Balaban J connectivity index is 1.86. The summed E-state index contributed by atoms with van der Waals surface area (Å²) in [5.74, 6) is -0.588. The van der Waals surface area contributed by atoms with Crippen molar-refractivity contribution in [1.82, 2.24) is 9.29 Å². The van der Waals surface area contributed by atoms with Gasteiger partial charge in [0.1, 0.15) is 5.56 Å². The number of carbonyl (C=O) groups excluding carboxylic acids is 1. The number of aromatic amines is 1. The third-order valence-corrected chi connectivity index (χ3v) is 5.34. The molecule has 9 heteroatoms. The molecule has 0 aliphatic carbocycles. The molecule has 0 aliphatic heterocycles. The highest BCUT2D eigenvalue weighted by atomic mass is 32.2. The Morgan fingerprint density at radius 2 is 1.74 bits per heavy atom. The number of hydrogen-bond acceptors (Lipinski definition) is 4. The predicted molar refractivity (Wildman–Crippen MR) is 105 cm³/mol. The molecule has 140 valence electrons. The summed E-state index contributed by atoms with van der Waals surface area (Å²) in [4.78, 5) is 27.9. The molecule has 3 aromatic rings. The van der Waals surface area contributed by atoms with Gasteiger partial charge in [0.15, 0.2) is 0 Å². The fraction of sp³-hybridized carbons (Fsp3) is 0.111. The molecule has 0 unspecified atom stereocenters. The summed E-state index contributed by atoms with van der Waals surface area (Å²) in [7, 11) is -0.859. The Hall–Kier alpha value is -3.17. The zero-order chi connectivity index (χ0) is 19.6. The van der Waals surface area contributed by atoms with Crippen molar-refractivity contribution >= 4 is 38.4 Å². The topological polar surface area (TPSA) is 111 Å². The standard InChI is InChI=1S/C18H18N4O4S/c1-22(2)27(25,26)21-13-7-5-6-12(10-13)20-18(24)15-11-19-16-9-4-3-8-14(16)17(15)23/h3-11,21H,1-2H3,(H,19,23)(H,20,24). The van der Waals surface area contributed by atoms with Gasteiger partial charge in [-0.05, 0) is 30.3 Å². The number of H-pyrrole nitrogens is 1. The summed E-state index contributed by atoms with van der Waals surface area (Å²) in [6, 6.07) is 13.1. The molecule has 0 saturated heterocycles. The molecule has 1 amide bonds. The summed E-state index contributed by atoms with van der Waals surface area (Å²) in [6.07, 6.45) is 1.36. The largest absolute Gasteiger partial charge is 0.360 e. The highest BCUT2D eigenvalue weighted by Gasteiger charge is 2.15. The second kappa shape index (κ2) is 7.22. The van der Waals surface area contributed by atoms with Crippen molar-refractivity contribution in [2.24, 2.45) is 0 Å². The minimum Gasteiger partial charge on any atom is -0.360 e. The summed E-state index contributed by atoms with van der Waals surface area (Å²) < 4.78 is 27.2. The van der Waals surface area contributed by atoms with Gasteiger partial charge in [-0.3, -0.25) is 14.3 Å². The molecule has 0 radical (unpaired) electrons. The van der Waals surface area contributed by atoms with Crippen molar-refractivity contribution in [2.75, 3.05) is 24.1 Å².